The van der Waals surface area contributed by atoms with Gasteiger partial charge in [-0.05, 0) is 26.0 Å². The number of hydrogen-bond acceptors (Lipinski definition) is 7. The van der Waals surface area contributed by atoms with Gasteiger partial charge in [-0.15, -0.1) is 5.10 Å². The molecule has 8 nitrogen and oxygen atoms in total. The molecular formula is C13H15N3O5. The van der Waals surface area contributed by atoms with Crippen molar-refractivity contribution >= 4 is 11.9 Å². The van der Waals surface area contributed by atoms with Crippen molar-refractivity contribution in [1.29, 1.82) is 0 Å². The van der Waals surface area contributed by atoms with E-state index in [0.717, 1.165) is 0 Å². The molecule has 21 heavy (non-hydrogen) atoms. The number of hydrogen-bond donors (Lipinski definition) is 0. The van der Waals surface area contributed by atoms with Crippen molar-refractivity contribution in [3.8, 4) is 0 Å². The van der Waals surface area contributed by atoms with Crippen molar-refractivity contribution in [3.63, 3.8) is 0 Å². The fourth-order valence-electron chi connectivity index (χ4n) is 1.72. The normalized spacial score (nSPS) is 10.4. The summed E-state index contributed by atoms with van der Waals surface area (Å²) in [5.41, 5.74) is 0.723. The lowest BCUT2D eigenvalue weighted by atomic mass is 10.3. The maximum Gasteiger partial charge on any atom is 0.373 e. The summed E-state index contributed by atoms with van der Waals surface area (Å²) in [5.74, 6) is -0.464. The van der Waals surface area contributed by atoms with Crippen molar-refractivity contribution in [2.75, 3.05) is 13.7 Å². The van der Waals surface area contributed by atoms with Crippen LogP contribution in [0.15, 0.2) is 16.5 Å². The van der Waals surface area contributed by atoms with Crippen molar-refractivity contribution in [2.24, 2.45) is 0 Å². The molecule has 0 unspecified atom stereocenters. The van der Waals surface area contributed by atoms with Crippen LogP contribution in [-0.4, -0.2) is 40.6 Å². The van der Waals surface area contributed by atoms with E-state index in [1.54, 1.807) is 19.9 Å². The maximum absolute atomic E-state index is 11.6. The maximum atomic E-state index is 11.6. The van der Waals surface area contributed by atoms with Gasteiger partial charge in [0.05, 0.1) is 19.4 Å². The molecule has 2 aromatic rings. The first-order valence-electron chi connectivity index (χ1n) is 6.31. The highest BCUT2D eigenvalue weighted by Gasteiger charge is 2.18. The average Bonchev–Trinajstić information content (AvgIpc) is 3.07. The summed E-state index contributed by atoms with van der Waals surface area (Å²) in [6.45, 7) is 3.94. The zero-order valence-electron chi connectivity index (χ0n) is 12.0. The highest BCUT2D eigenvalue weighted by molar-refractivity contribution is 5.88. The standard InChI is InChI=1S/C13H15N3O5/c1-4-20-13(18)11-8(2)16(15-14-11)7-9-5-6-10(21-9)12(17)19-3/h5-6H,4,7H2,1-3H3. The van der Waals surface area contributed by atoms with Crippen LogP contribution in [0.4, 0.5) is 0 Å². The fourth-order valence-corrected chi connectivity index (χ4v) is 1.72. The van der Waals surface area contributed by atoms with Crippen LogP contribution < -0.4 is 0 Å². The van der Waals surface area contributed by atoms with E-state index < -0.39 is 11.9 Å². The van der Waals surface area contributed by atoms with Gasteiger partial charge in [0, 0.05) is 0 Å². The zero-order valence-corrected chi connectivity index (χ0v) is 12.0. The summed E-state index contributed by atoms with van der Waals surface area (Å²) in [7, 11) is 1.28. The van der Waals surface area contributed by atoms with Crippen LogP contribution in [0.25, 0.3) is 0 Å². The lowest BCUT2D eigenvalue weighted by Crippen LogP contribution is -2.08. The topological polar surface area (TPSA) is 96.5 Å². The van der Waals surface area contributed by atoms with E-state index >= 15 is 0 Å². The highest BCUT2D eigenvalue weighted by atomic mass is 16.5. The van der Waals surface area contributed by atoms with E-state index in [9.17, 15) is 9.59 Å². The molecule has 0 atom stereocenters. The predicted octanol–water partition coefficient (Wildman–Crippen LogP) is 1.19. The first-order chi connectivity index (χ1) is 10.1. The monoisotopic (exact) mass is 293 g/mol. The Labute approximate surface area is 120 Å². The van der Waals surface area contributed by atoms with Crippen LogP contribution in [0, 0.1) is 6.92 Å². The van der Waals surface area contributed by atoms with E-state index in [-0.39, 0.29) is 24.6 Å². The molecule has 0 aromatic carbocycles. The second-order valence-electron chi connectivity index (χ2n) is 4.16. The summed E-state index contributed by atoms with van der Waals surface area (Å²) in [5, 5.41) is 7.67. The van der Waals surface area contributed by atoms with Crippen molar-refractivity contribution < 1.29 is 23.5 Å². The Hall–Kier alpha value is -2.64. The molecule has 0 spiro atoms. The van der Waals surface area contributed by atoms with Gasteiger partial charge in [-0.3, -0.25) is 0 Å². The molecule has 0 aliphatic heterocycles. The molecule has 2 aromatic heterocycles. The summed E-state index contributed by atoms with van der Waals surface area (Å²) < 4.78 is 16.3. The molecule has 8 heteroatoms. The molecule has 0 aliphatic rings. The van der Waals surface area contributed by atoms with Crippen LogP contribution in [0.5, 0.6) is 0 Å². The molecule has 2 heterocycles. The van der Waals surface area contributed by atoms with Crippen LogP contribution in [0.1, 0.15) is 39.4 Å². The summed E-state index contributed by atoms with van der Waals surface area (Å²) >= 11 is 0. The fraction of sp³-hybridized carbons (Fsp3) is 0.385. The Bertz CT molecular complexity index is 659. The van der Waals surface area contributed by atoms with Gasteiger partial charge >= 0.3 is 11.9 Å². The van der Waals surface area contributed by atoms with Gasteiger partial charge < -0.3 is 13.9 Å². The lowest BCUT2D eigenvalue weighted by Gasteiger charge is -2.01. The number of rotatable bonds is 5. The summed E-state index contributed by atoms with van der Waals surface area (Å²) in [4.78, 5) is 22.9. The van der Waals surface area contributed by atoms with Crippen molar-refractivity contribution in [1.82, 2.24) is 15.0 Å². The molecule has 0 saturated heterocycles. The molecule has 0 bridgehead atoms. The number of esters is 2. The second-order valence-corrected chi connectivity index (χ2v) is 4.16. The Balaban J connectivity index is 2.15. The first-order valence-corrected chi connectivity index (χ1v) is 6.31. The molecule has 0 amide bonds. The molecular weight excluding hydrogens is 278 g/mol. The van der Waals surface area contributed by atoms with E-state index in [1.165, 1.54) is 17.9 Å². The quantitative estimate of drug-likeness (QED) is 0.764. The minimum atomic E-state index is -0.552. The highest BCUT2D eigenvalue weighted by Crippen LogP contribution is 2.13. The molecule has 0 saturated carbocycles. The van der Waals surface area contributed by atoms with Crippen LogP contribution in [0.2, 0.25) is 0 Å². The third kappa shape index (κ3) is 3.10. The molecule has 0 radical (unpaired) electrons. The second kappa shape index (κ2) is 6.21. The zero-order chi connectivity index (χ0) is 15.4. The first kappa shape index (κ1) is 14.8. The number of nitrogens with zero attached hydrogens (tertiary/aromatic N) is 3. The van der Waals surface area contributed by atoms with E-state index in [2.05, 4.69) is 15.0 Å². The van der Waals surface area contributed by atoms with Crippen molar-refractivity contribution in [3.05, 3.63) is 35.0 Å². The van der Waals surface area contributed by atoms with Gasteiger partial charge in [0.25, 0.3) is 0 Å². The predicted molar refractivity (Wildman–Crippen MR) is 69.9 cm³/mol. The summed E-state index contributed by atoms with van der Waals surface area (Å²) in [6.07, 6.45) is 0. The van der Waals surface area contributed by atoms with Gasteiger partial charge in [0.15, 0.2) is 5.69 Å². The van der Waals surface area contributed by atoms with Gasteiger partial charge in [0.1, 0.15) is 12.3 Å². The molecule has 0 fully saturated rings. The number of aromatic nitrogens is 3. The van der Waals surface area contributed by atoms with E-state index in [4.69, 9.17) is 9.15 Å². The van der Waals surface area contributed by atoms with E-state index in [0.29, 0.717) is 11.5 Å². The van der Waals surface area contributed by atoms with Gasteiger partial charge in [-0.1, -0.05) is 5.21 Å². The number of carbonyl (C=O) groups is 2. The van der Waals surface area contributed by atoms with E-state index in [1.807, 2.05) is 0 Å². The minimum Gasteiger partial charge on any atom is -0.463 e. The Morgan fingerprint density at radius 1 is 1.33 bits per heavy atom. The minimum absolute atomic E-state index is 0.107. The van der Waals surface area contributed by atoms with Gasteiger partial charge in [0.2, 0.25) is 5.76 Å². The van der Waals surface area contributed by atoms with Gasteiger partial charge in [-0.2, -0.15) is 0 Å². The Morgan fingerprint density at radius 3 is 2.76 bits per heavy atom. The van der Waals surface area contributed by atoms with Crippen molar-refractivity contribution in [2.45, 2.75) is 20.4 Å². The number of ether oxygens (including phenoxy) is 2. The Kier molecular flexibility index (Phi) is 4.36. The Morgan fingerprint density at radius 2 is 2.10 bits per heavy atom. The smallest absolute Gasteiger partial charge is 0.373 e. The van der Waals surface area contributed by atoms with Crippen LogP contribution in [-0.2, 0) is 16.0 Å². The molecule has 112 valence electrons. The number of carbonyl (C=O) groups excluding carboxylic acids is 2. The largest absolute Gasteiger partial charge is 0.463 e. The molecule has 0 N–H and O–H groups in total. The molecule has 2 rings (SSSR count). The SMILES string of the molecule is CCOC(=O)c1nnn(Cc2ccc(C(=O)OC)o2)c1C. The van der Waals surface area contributed by atoms with Crippen LogP contribution >= 0.6 is 0 Å². The number of methoxy groups -OCH3 is 1. The third-order valence-electron chi connectivity index (χ3n) is 2.81. The average molecular weight is 293 g/mol. The lowest BCUT2D eigenvalue weighted by molar-refractivity contribution is 0.0517. The van der Waals surface area contributed by atoms with Gasteiger partial charge in [-0.25, -0.2) is 14.3 Å². The number of furan rings is 1. The summed E-state index contributed by atoms with van der Waals surface area (Å²) in [6, 6.07) is 3.15. The van der Waals surface area contributed by atoms with Crippen LogP contribution in [0.3, 0.4) is 0 Å². The molecule has 0 aliphatic carbocycles. The third-order valence-corrected chi connectivity index (χ3v) is 2.81.